The Morgan fingerprint density at radius 3 is 2.92 bits per heavy atom. The molecular formula is C16H17N5O2S2. The number of rotatable bonds is 7. The lowest BCUT2D eigenvalue weighted by Gasteiger charge is -2.08. The van der Waals surface area contributed by atoms with E-state index in [1.54, 1.807) is 16.1 Å². The highest BCUT2D eigenvalue weighted by atomic mass is 32.1. The van der Waals surface area contributed by atoms with Gasteiger partial charge in [0.25, 0.3) is 5.56 Å². The van der Waals surface area contributed by atoms with Crippen LogP contribution in [0.4, 0.5) is 5.13 Å². The Labute approximate surface area is 152 Å². The molecule has 2 N–H and O–H groups in total. The molecule has 1 aromatic carbocycles. The number of anilines is 1. The molecular weight excluding hydrogens is 358 g/mol. The lowest BCUT2D eigenvalue weighted by atomic mass is 10.2. The molecule has 3 rings (SSSR count). The van der Waals surface area contributed by atoms with Crippen molar-refractivity contribution in [3.05, 3.63) is 44.9 Å². The average molecular weight is 375 g/mol. The first-order valence-corrected chi connectivity index (χ1v) is 9.22. The zero-order valence-electron chi connectivity index (χ0n) is 13.4. The van der Waals surface area contributed by atoms with Crippen LogP contribution < -0.4 is 10.9 Å². The van der Waals surface area contributed by atoms with E-state index in [9.17, 15) is 9.59 Å². The lowest BCUT2D eigenvalue weighted by molar-refractivity contribution is -0.116. The van der Waals surface area contributed by atoms with Crippen LogP contribution in [0.2, 0.25) is 0 Å². The molecule has 0 radical (unpaired) electrons. The number of H-pyrrole nitrogens is 1. The highest BCUT2D eigenvalue weighted by Gasteiger charge is 2.06. The number of carbonyl (C=O) groups excluding carboxylic acids is 1. The van der Waals surface area contributed by atoms with E-state index in [1.807, 2.05) is 18.2 Å². The van der Waals surface area contributed by atoms with Gasteiger partial charge in [-0.3, -0.25) is 14.2 Å². The SMILES string of the molecule is O=C(CCCCCn1c(=S)[nH]c2ccccc2c1=O)Nc1nncs1. The van der Waals surface area contributed by atoms with E-state index < -0.39 is 0 Å². The summed E-state index contributed by atoms with van der Waals surface area (Å²) < 4.78 is 2.01. The van der Waals surface area contributed by atoms with Crippen LogP contribution in [-0.4, -0.2) is 25.7 Å². The summed E-state index contributed by atoms with van der Waals surface area (Å²) in [6.07, 6.45) is 2.77. The van der Waals surface area contributed by atoms with Crippen molar-refractivity contribution in [3.8, 4) is 0 Å². The summed E-state index contributed by atoms with van der Waals surface area (Å²) in [5.41, 5.74) is 2.25. The molecule has 1 amide bonds. The van der Waals surface area contributed by atoms with Gasteiger partial charge >= 0.3 is 0 Å². The fourth-order valence-electron chi connectivity index (χ4n) is 2.54. The first-order valence-electron chi connectivity index (χ1n) is 7.93. The van der Waals surface area contributed by atoms with Crippen LogP contribution in [0, 0.1) is 4.77 Å². The summed E-state index contributed by atoms with van der Waals surface area (Å²) in [5, 5.41) is 11.3. The topological polar surface area (TPSA) is 92.7 Å². The normalized spacial score (nSPS) is 10.9. The Hall–Kier alpha value is -2.39. The standard InChI is InChI=1S/C16H17N5O2S2/c22-13(19-15-20-17-10-25-15)8-2-1-5-9-21-14(23)11-6-3-4-7-12(11)18-16(21)24/h3-4,6-7,10H,1-2,5,8-9H2,(H,18,24)(H,19,20,22). The van der Waals surface area contributed by atoms with Crippen LogP contribution in [0.15, 0.2) is 34.6 Å². The van der Waals surface area contributed by atoms with Crippen molar-refractivity contribution in [2.75, 3.05) is 5.32 Å². The van der Waals surface area contributed by atoms with Gasteiger partial charge in [0.15, 0.2) is 4.77 Å². The Bertz CT molecular complexity index is 978. The minimum absolute atomic E-state index is 0.0723. The Morgan fingerprint density at radius 1 is 1.28 bits per heavy atom. The highest BCUT2D eigenvalue weighted by molar-refractivity contribution is 7.71. The van der Waals surface area contributed by atoms with Gasteiger partial charge in [0.05, 0.1) is 10.9 Å². The molecule has 0 atom stereocenters. The molecule has 0 aliphatic carbocycles. The molecule has 9 heteroatoms. The monoisotopic (exact) mass is 375 g/mol. The molecule has 0 fully saturated rings. The van der Waals surface area contributed by atoms with E-state index in [-0.39, 0.29) is 11.5 Å². The predicted molar refractivity (Wildman–Crippen MR) is 100 cm³/mol. The van der Waals surface area contributed by atoms with Crippen molar-refractivity contribution >= 4 is 45.5 Å². The quantitative estimate of drug-likeness (QED) is 0.489. The van der Waals surface area contributed by atoms with Crippen LogP contribution in [0.5, 0.6) is 0 Å². The molecule has 2 aromatic heterocycles. The van der Waals surface area contributed by atoms with Gasteiger partial charge in [0.2, 0.25) is 11.0 Å². The van der Waals surface area contributed by atoms with Crippen LogP contribution >= 0.6 is 23.6 Å². The minimum Gasteiger partial charge on any atom is -0.332 e. The van der Waals surface area contributed by atoms with Crippen LogP contribution in [0.3, 0.4) is 0 Å². The van der Waals surface area contributed by atoms with E-state index >= 15 is 0 Å². The summed E-state index contributed by atoms with van der Waals surface area (Å²) in [4.78, 5) is 27.3. The van der Waals surface area contributed by atoms with Gasteiger partial charge < -0.3 is 10.3 Å². The van der Waals surface area contributed by atoms with Gasteiger partial charge in [-0.1, -0.05) is 29.9 Å². The number of fused-ring (bicyclic) bond motifs is 1. The largest absolute Gasteiger partial charge is 0.332 e. The molecule has 2 heterocycles. The number of benzene rings is 1. The van der Waals surface area contributed by atoms with Gasteiger partial charge in [0.1, 0.15) is 5.51 Å². The first kappa shape index (κ1) is 17.4. The third-order valence-electron chi connectivity index (χ3n) is 3.78. The van der Waals surface area contributed by atoms with E-state index in [2.05, 4.69) is 20.5 Å². The summed E-state index contributed by atoms with van der Waals surface area (Å²) in [6.45, 7) is 0.539. The fourth-order valence-corrected chi connectivity index (χ4v) is 3.29. The zero-order chi connectivity index (χ0) is 17.6. The number of hydrogen-bond acceptors (Lipinski definition) is 6. The number of aromatic amines is 1. The van der Waals surface area contributed by atoms with Crippen LogP contribution in [-0.2, 0) is 11.3 Å². The van der Waals surface area contributed by atoms with Gasteiger partial charge in [-0.05, 0) is 37.2 Å². The molecule has 25 heavy (non-hydrogen) atoms. The number of carbonyl (C=O) groups is 1. The molecule has 0 saturated carbocycles. The Kier molecular flexibility index (Phi) is 5.67. The number of para-hydroxylation sites is 1. The van der Waals surface area contributed by atoms with Gasteiger partial charge in [-0.25, -0.2) is 0 Å². The van der Waals surface area contributed by atoms with Gasteiger partial charge in [-0.15, -0.1) is 10.2 Å². The molecule has 0 aliphatic heterocycles. The second-order valence-electron chi connectivity index (χ2n) is 5.54. The van der Waals surface area contributed by atoms with Crippen LogP contribution in [0.1, 0.15) is 25.7 Å². The summed E-state index contributed by atoms with van der Waals surface area (Å²) in [5.74, 6) is -0.0723. The average Bonchev–Trinajstić information content (AvgIpc) is 3.10. The maximum atomic E-state index is 12.5. The molecule has 0 saturated heterocycles. The number of aromatic nitrogens is 4. The summed E-state index contributed by atoms with van der Waals surface area (Å²) >= 11 is 6.57. The van der Waals surface area contributed by atoms with Crippen molar-refractivity contribution < 1.29 is 4.79 Å². The minimum atomic E-state index is -0.0756. The fraction of sp³-hybridized carbons (Fsp3) is 0.312. The maximum absolute atomic E-state index is 12.5. The second-order valence-corrected chi connectivity index (χ2v) is 6.76. The van der Waals surface area contributed by atoms with Crippen LogP contribution in [0.25, 0.3) is 10.9 Å². The van der Waals surface area contributed by atoms with Crippen molar-refractivity contribution in [1.29, 1.82) is 0 Å². The van der Waals surface area contributed by atoms with E-state index in [1.165, 1.54) is 11.3 Å². The molecule has 0 bridgehead atoms. The number of hydrogen-bond donors (Lipinski definition) is 2. The molecule has 7 nitrogen and oxygen atoms in total. The summed E-state index contributed by atoms with van der Waals surface area (Å²) in [7, 11) is 0. The third kappa shape index (κ3) is 4.37. The maximum Gasteiger partial charge on any atom is 0.262 e. The highest BCUT2D eigenvalue weighted by Crippen LogP contribution is 2.10. The Balaban J connectivity index is 1.51. The lowest BCUT2D eigenvalue weighted by Crippen LogP contribution is -2.22. The number of nitrogens with zero attached hydrogens (tertiary/aromatic N) is 3. The van der Waals surface area contributed by atoms with E-state index in [0.29, 0.717) is 28.3 Å². The number of unbranched alkanes of at least 4 members (excludes halogenated alkanes) is 2. The second kappa shape index (κ2) is 8.13. The summed E-state index contributed by atoms with van der Waals surface area (Å²) in [6, 6.07) is 7.33. The van der Waals surface area contributed by atoms with Crippen molar-refractivity contribution in [2.45, 2.75) is 32.2 Å². The molecule has 3 aromatic rings. The number of nitrogens with one attached hydrogen (secondary N) is 2. The van der Waals surface area contributed by atoms with Gasteiger partial charge in [0, 0.05) is 13.0 Å². The molecule has 0 aliphatic rings. The van der Waals surface area contributed by atoms with Gasteiger partial charge in [-0.2, -0.15) is 0 Å². The van der Waals surface area contributed by atoms with E-state index in [0.717, 1.165) is 24.8 Å². The van der Waals surface area contributed by atoms with Crippen molar-refractivity contribution in [1.82, 2.24) is 19.7 Å². The van der Waals surface area contributed by atoms with E-state index in [4.69, 9.17) is 12.2 Å². The zero-order valence-corrected chi connectivity index (χ0v) is 15.0. The smallest absolute Gasteiger partial charge is 0.262 e. The predicted octanol–water partition coefficient (Wildman–Crippen LogP) is 3.11. The molecule has 0 spiro atoms. The molecule has 130 valence electrons. The third-order valence-corrected chi connectivity index (χ3v) is 4.71. The molecule has 0 unspecified atom stereocenters. The number of amides is 1. The first-order chi connectivity index (χ1) is 12.1. The van der Waals surface area contributed by atoms with Crippen molar-refractivity contribution in [2.24, 2.45) is 0 Å². The Morgan fingerprint density at radius 2 is 2.12 bits per heavy atom. The van der Waals surface area contributed by atoms with Crippen molar-refractivity contribution in [3.63, 3.8) is 0 Å².